The van der Waals surface area contributed by atoms with Crippen LogP contribution in [-0.2, 0) is 6.42 Å². The van der Waals surface area contributed by atoms with E-state index >= 15 is 0 Å². The first-order chi connectivity index (χ1) is 10.2. The Morgan fingerprint density at radius 1 is 1.29 bits per heavy atom. The van der Waals surface area contributed by atoms with E-state index in [4.69, 9.17) is 9.15 Å². The molecule has 0 radical (unpaired) electrons. The standard InChI is InChI=1S/C17H22FNO2/c1-4-10-19-14(15-9-8-12(2)21-15)11-13-6-5-7-16(20-3)17(13)18/h5-9,14,19H,4,10-11H2,1-3H3. The summed E-state index contributed by atoms with van der Waals surface area (Å²) < 4.78 is 25.0. The lowest BCUT2D eigenvalue weighted by Gasteiger charge is -2.17. The Morgan fingerprint density at radius 3 is 2.71 bits per heavy atom. The van der Waals surface area contributed by atoms with Gasteiger partial charge in [-0.05, 0) is 50.1 Å². The van der Waals surface area contributed by atoms with Crippen LogP contribution >= 0.6 is 0 Å². The number of ether oxygens (including phenoxy) is 1. The molecular formula is C17H22FNO2. The Kier molecular flexibility index (Phi) is 5.39. The van der Waals surface area contributed by atoms with Crippen molar-refractivity contribution in [1.82, 2.24) is 5.32 Å². The number of nitrogens with one attached hydrogen (secondary N) is 1. The van der Waals surface area contributed by atoms with E-state index < -0.39 is 0 Å². The molecule has 0 aliphatic rings. The minimum atomic E-state index is -0.299. The van der Waals surface area contributed by atoms with Gasteiger partial charge in [-0.1, -0.05) is 19.1 Å². The van der Waals surface area contributed by atoms with Crippen LogP contribution in [0.5, 0.6) is 5.75 Å². The number of benzene rings is 1. The lowest BCUT2D eigenvalue weighted by atomic mass is 10.0. The van der Waals surface area contributed by atoms with Crippen LogP contribution in [-0.4, -0.2) is 13.7 Å². The summed E-state index contributed by atoms with van der Waals surface area (Å²) in [6, 6.07) is 9.05. The molecule has 1 N–H and O–H groups in total. The van der Waals surface area contributed by atoms with Crippen molar-refractivity contribution in [2.45, 2.75) is 32.7 Å². The highest BCUT2D eigenvalue weighted by molar-refractivity contribution is 5.32. The van der Waals surface area contributed by atoms with Crippen LogP contribution in [0.1, 0.15) is 36.5 Å². The van der Waals surface area contributed by atoms with Crippen molar-refractivity contribution in [2.75, 3.05) is 13.7 Å². The number of aryl methyl sites for hydroxylation is 1. The Balaban J connectivity index is 2.22. The van der Waals surface area contributed by atoms with Crippen molar-refractivity contribution in [1.29, 1.82) is 0 Å². The fraction of sp³-hybridized carbons (Fsp3) is 0.412. The van der Waals surface area contributed by atoms with Gasteiger partial charge in [0.05, 0.1) is 13.2 Å². The number of halogens is 1. The third-order valence-electron chi connectivity index (χ3n) is 3.43. The summed E-state index contributed by atoms with van der Waals surface area (Å²) in [4.78, 5) is 0. The van der Waals surface area contributed by atoms with E-state index in [1.165, 1.54) is 7.11 Å². The maximum Gasteiger partial charge on any atom is 0.168 e. The highest BCUT2D eigenvalue weighted by atomic mass is 19.1. The predicted octanol–water partition coefficient (Wildman–Crippen LogP) is 4.02. The van der Waals surface area contributed by atoms with Gasteiger partial charge in [0.25, 0.3) is 0 Å². The summed E-state index contributed by atoms with van der Waals surface area (Å²) in [7, 11) is 1.48. The number of rotatable bonds is 7. The summed E-state index contributed by atoms with van der Waals surface area (Å²) in [5.41, 5.74) is 0.622. The highest BCUT2D eigenvalue weighted by Crippen LogP contribution is 2.26. The zero-order valence-corrected chi connectivity index (χ0v) is 12.8. The quantitative estimate of drug-likeness (QED) is 0.836. The molecule has 0 bridgehead atoms. The van der Waals surface area contributed by atoms with Gasteiger partial charge in [0.15, 0.2) is 11.6 Å². The van der Waals surface area contributed by atoms with Crippen molar-refractivity contribution < 1.29 is 13.5 Å². The average molecular weight is 291 g/mol. The van der Waals surface area contributed by atoms with Gasteiger partial charge in [-0.2, -0.15) is 0 Å². The van der Waals surface area contributed by atoms with Gasteiger partial charge in [-0.15, -0.1) is 0 Å². The van der Waals surface area contributed by atoms with Crippen LogP contribution in [0, 0.1) is 12.7 Å². The van der Waals surface area contributed by atoms with E-state index in [-0.39, 0.29) is 17.6 Å². The second kappa shape index (κ2) is 7.27. The normalized spacial score (nSPS) is 12.4. The smallest absolute Gasteiger partial charge is 0.168 e. The Hall–Kier alpha value is -1.81. The molecule has 1 atom stereocenters. The molecule has 2 rings (SSSR count). The fourth-order valence-corrected chi connectivity index (χ4v) is 2.32. The molecule has 0 amide bonds. The molecule has 0 saturated carbocycles. The van der Waals surface area contributed by atoms with Crippen LogP contribution in [0.15, 0.2) is 34.7 Å². The van der Waals surface area contributed by atoms with Crippen LogP contribution in [0.4, 0.5) is 4.39 Å². The van der Waals surface area contributed by atoms with Gasteiger partial charge in [0.2, 0.25) is 0 Å². The topological polar surface area (TPSA) is 34.4 Å². The number of hydrogen-bond donors (Lipinski definition) is 1. The fourth-order valence-electron chi connectivity index (χ4n) is 2.32. The number of methoxy groups -OCH3 is 1. The van der Waals surface area contributed by atoms with Crippen molar-refractivity contribution in [2.24, 2.45) is 0 Å². The first-order valence-electron chi connectivity index (χ1n) is 7.26. The van der Waals surface area contributed by atoms with E-state index in [2.05, 4.69) is 12.2 Å². The van der Waals surface area contributed by atoms with Crippen molar-refractivity contribution in [3.63, 3.8) is 0 Å². The van der Waals surface area contributed by atoms with Crippen LogP contribution in [0.25, 0.3) is 0 Å². The molecule has 1 heterocycles. The molecule has 1 aromatic heterocycles. The van der Waals surface area contributed by atoms with Gasteiger partial charge in [0.1, 0.15) is 11.5 Å². The second-order valence-corrected chi connectivity index (χ2v) is 5.09. The summed E-state index contributed by atoms with van der Waals surface area (Å²) in [5, 5.41) is 3.41. The van der Waals surface area contributed by atoms with E-state index in [1.54, 1.807) is 12.1 Å². The average Bonchev–Trinajstić information content (AvgIpc) is 2.91. The van der Waals surface area contributed by atoms with Crippen LogP contribution in [0.2, 0.25) is 0 Å². The van der Waals surface area contributed by atoms with Crippen molar-refractivity contribution >= 4 is 0 Å². The van der Waals surface area contributed by atoms with Crippen LogP contribution in [0.3, 0.4) is 0 Å². The van der Waals surface area contributed by atoms with Gasteiger partial charge < -0.3 is 14.5 Å². The Morgan fingerprint density at radius 2 is 2.10 bits per heavy atom. The number of hydrogen-bond acceptors (Lipinski definition) is 3. The van der Waals surface area contributed by atoms with E-state index in [1.807, 2.05) is 25.1 Å². The second-order valence-electron chi connectivity index (χ2n) is 5.09. The summed E-state index contributed by atoms with van der Waals surface area (Å²) in [6.45, 7) is 4.87. The summed E-state index contributed by atoms with van der Waals surface area (Å²) >= 11 is 0. The van der Waals surface area contributed by atoms with Gasteiger partial charge in [0, 0.05) is 0 Å². The summed E-state index contributed by atoms with van der Waals surface area (Å²) in [5.74, 6) is 1.67. The highest BCUT2D eigenvalue weighted by Gasteiger charge is 2.18. The van der Waals surface area contributed by atoms with E-state index in [0.717, 1.165) is 24.5 Å². The van der Waals surface area contributed by atoms with Crippen molar-refractivity contribution in [3.05, 3.63) is 53.2 Å². The van der Waals surface area contributed by atoms with Crippen LogP contribution < -0.4 is 10.1 Å². The predicted molar refractivity (Wildman–Crippen MR) is 81.1 cm³/mol. The van der Waals surface area contributed by atoms with Crippen molar-refractivity contribution in [3.8, 4) is 5.75 Å². The molecule has 3 nitrogen and oxygen atoms in total. The molecule has 0 spiro atoms. The lowest BCUT2D eigenvalue weighted by molar-refractivity contribution is 0.375. The van der Waals surface area contributed by atoms with E-state index in [0.29, 0.717) is 12.0 Å². The molecule has 1 unspecified atom stereocenters. The largest absolute Gasteiger partial charge is 0.494 e. The third kappa shape index (κ3) is 3.85. The SMILES string of the molecule is CCCNC(Cc1cccc(OC)c1F)c1ccc(C)o1. The minimum absolute atomic E-state index is 0.0414. The Labute approximate surface area is 125 Å². The molecule has 21 heavy (non-hydrogen) atoms. The van der Waals surface area contributed by atoms with Gasteiger partial charge in [-0.25, -0.2) is 4.39 Å². The number of furan rings is 1. The molecular weight excluding hydrogens is 269 g/mol. The molecule has 2 aromatic rings. The summed E-state index contributed by atoms with van der Waals surface area (Å²) in [6.07, 6.45) is 1.53. The maximum absolute atomic E-state index is 14.3. The minimum Gasteiger partial charge on any atom is -0.494 e. The first kappa shape index (κ1) is 15.6. The lowest BCUT2D eigenvalue weighted by Crippen LogP contribution is -2.24. The monoisotopic (exact) mass is 291 g/mol. The molecule has 114 valence electrons. The maximum atomic E-state index is 14.3. The zero-order chi connectivity index (χ0) is 15.2. The van der Waals surface area contributed by atoms with Gasteiger partial charge in [-0.3, -0.25) is 0 Å². The molecule has 0 fully saturated rings. The molecule has 0 aliphatic heterocycles. The molecule has 4 heteroatoms. The van der Waals surface area contributed by atoms with E-state index in [9.17, 15) is 4.39 Å². The molecule has 1 aromatic carbocycles. The van der Waals surface area contributed by atoms with Gasteiger partial charge >= 0.3 is 0 Å². The molecule has 0 saturated heterocycles. The molecule has 0 aliphatic carbocycles. The first-order valence-corrected chi connectivity index (χ1v) is 7.26. The third-order valence-corrected chi connectivity index (χ3v) is 3.43. The zero-order valence-electron chi connectivity index (χ0n) is 12.8. The Bertz CT molecular complexity index is 580.